The van der Waals surface area contributed by atoms with Crippen molar-refractivity contribution in [3.05, 3.63) is 24.0 Å². The molecule has 0 heterocycles. The Bertz CT molecular complexity index is 155. The second kappa shape index (κ2) is 8.95. The third-order valence-electron chi connectivity index (χ3n) is 0.852. The van der Waals surface area contributed by atoms with E-state index in [2.05, 4.69) is 11.6 Å². The SMILES string of the molecule is C=C(N)C=N/C(C)=C\C.CC. The highest BCUT2D eigenvalue weighted by atomic mass is 14.7. The molecule has 0 atom stereocenters. The van der Waals surface area contributed by atoms with Crippen molar-refractivity contribution in [1.82, 2.24) is 0 Å². The van der Waals surface area contributed by atoms with Crippen molar-refractivity contribution in [1.29, 1.82) is 0 Å². The first-order valence-electron chi connectivity index (χ1n) is 3.78. The fraction of sp³-hybridized carbons (Fsp3) is 0.444. The molecule has 0 rings (SSSR count). The van der Waals surface area contributed by atoms with Crippen molar-refractivity contribution in [3.63, 3.8) is 0 Å². The highest BCUT2D eigenvalue weighted by Crippen LogP contribution is 1.91. The van der Waals surface area contributed by atoms with Gasteiger partial charge in [0.05, 0.1) is 0 Å². The lowest BCUT2D eigenvalue weighted by molar-refractivity contribution is 1.29. The van der Waals surface area contributed by atoms with Crippen LogP contribution >= 0.6 is 0 Å². The molecule has 0 saturated heterocycles. The summed E-state index contributed by atoms with van der Waals surface area (Å²) in [5.41, 5.74) is 6.65. The van der Waals surface area contributed by atoms with Crippen molar-refractivity contribution in [2.24, 2.45) is 10.7 Å². The number of nitrogens with zero attached hydrogens (tertiary/aromatic N) is 1. The van der Waals surface area contributed by atoms with Gasteiger partial charge in [-0.05, 0) is 13.8 Å². The molecule has 0 aromatic carbocycles. The summed E-state index contributed by atoms with van der Waals surface area (Å²) < 4.78 is 0. The number of hydrogen-bond donors (Lipinski definition) is 1. The van der Waals surface area contributed by atoms with Crippen LogP contribution in [0.25, 0.3) is 0 Å². The van der Waals surface area contributed by atoms with Crippen molar-refractivity contribution in [2.45, 2.75) is 27.7 Å². The summed E-state index contributed by atoms with van der Waals surface area (Å²) in [7, 11) is 0. The van der Waals surface area contributed by atoms with Gasteiger partial charge in [0, 0.05) is 17.6 Å². The molecule has 0 fully saturated rings. The standard InChI is InChI=1S/C7H12N2.C2H6/c1-4-7(3)9-5-6(2)8;1-2/h4-5H,2,8H2,1,3H3;1-2H3/b7-4-,9-5?;. The smallest absolute Gasteiger partial charge is 0.0494 e. The van der Waals surface area contributed by atoms with Crippen molar-refractivity contribution >= 4 is 6.21 Å². The summed E-state index contributed by atoms with van der Waals surface area (Å²) in [5.74, 6) is 0. The van der Waals surface area contributed by atoms with Crippen LogP contribution in [0.3, 0.4) is 0 Å². The molecule has 0 aliphatic carbocycles. The van der Waals surface area contributed by atoms with Gasteiger partial charge in [-0.25, -0.2) is 0 Å². The largest absolute Gasteiger partial charge is 0.398 e. The van der Waals surface area contributed by atoms with Gasteiger partial charge < -0.3 is 5.73 Å². The summed E-state index contributed by atoms with van der Waals surface area (Å²) >= 11 is 0. The van der Waals surface area contributed by atoms with Gasteiger partial charge in [-0.3, -0.25) is 4.99 Å². The van der Waals surface area contributed by atoms with Crippen molar-refractivity contribution in [2.75, 3.05) is 0 Å². The van der Waals surface area contributed by atoms with E-state index in [1.165, 1.54) is 6.21 Å². The number of nitrogens with two attached hydrogens (primary N) is 1. The summed E-state index contributed by atoms with van der Waals surface area (Å²) in [6.45, 7) is 11.3. The predicted molar refractivity (Wildman–Crippen MR) is 52.6 cm³/mol. The van der Waals surface area contributed by atoms with E-state index in [4.69, 9.17) is 5.73 Å². The maximum absolute atomic E-state index is 5.22. The lowest BCUT2D eigenvalue weighted by Gasteiger charge is -1.87. The van der Waals surface area contributed by atoms with E-state index >= 15 is 0 Å². The molecular weight excluding hydrogens is 136 g/mol. The second-order valence-corrected chi connectivity index (χ2v) is 1.76. The third kappa shape index (κ3) is 12.2. The molecule has 0 saturated carbocycles. The van der Waals surface area contributed by atoms with Gasteiger partial charge in [-0.15, -0.1) is 0 Å². The Morgan fingerprint density at radius 3 is 2.18 bits per heavy atom. The van der Waals surface area contributed by atoms with Crippen LogP contribution in [0.1, 0.15) is 27.7 Å². The lowest BCUT2D eigenvalue weighted by atomic mass is 10.4. The van der Waals surface area contributed by atoms with E-state index in [9.17, 15) is 0 Å². The van der Waals surface area contributed by atoms with E-state index in [-0.39, 0.29) is 0 Å². The maximum Gasteiger partial charge on any atom is 0.0494 e. The highest BCUT2D eigenvalue weighted by molar-refractivity contribution is 5.76. The molecule has 0 unspecified atom stereocenters. The number of hydrogen-bond acceptors (Lipinski definition) is 2. The van der Waals surface area contributed by atoms with Gasteiger partial charge in [0.25, 0.3) is 0 Å². The normalized spacial score (nSPS) is 10.7. The molecule has 0 aliphatic heterocycles. The van der Waals surface area contributed by atoms with E-state index in [1.54, 1.807) is 0 Å². The maximum atomic E-state index is 5.22. The molecule has 0 bridgehead atoms. The topological polar surface area (TPSA) is 38.4 Å². The van der Waals surface area contributed by atoms with Crippen LogP contribution in [-0.4, -0.2) is 6.21 Å². The zero-order valence-corrected chi connectivity index (χ0v) is 7.89. The lowest BCUT2D eigenvalue weighted by Crippen LogP contribution is -1.94. The number of rotatable bonds is 2. The average Bonchev–Trinajstić information content (AvgIpc) is 2.04. The van der Waals surface area contributed by atoms with Gasteiger partial charge in [0.15, 0.2) is 0 Å². The van der Waals surface area contributed by atoms with E-state index in [1.807, 2.05) is 33.8 Å². The molecule has 11 heavy (non-hydrogen) atoms. The molecule has 64 valence electrons. The van der Waals surface area contributed by atoms with Crippen molar-refractivity contribution in [3.8, 4) is 0 Å². The zero-order chi connectivity index (χ0) is 9.28. The van der Waals surface area contributed by atoms with Crippen LogP contribution in [0, 0.1) is 0 Å². The summed E-state index contributed by atoms with van der Waals surface area (Å²) in [6, 6.07) is 0. The fourth-order valence-electron chi connectivity index (χ4n) is 0.259. The highest BCUT2D eigenvalue weighted by Gasteiger charge is 1.76. The van der Waals surface area contributed by atoms with Crippen LogP contribution in [0.15, 0.2) is 29.0 Å². The Hall–Kier alpha value is -1.05. The fourth-order valence-corrected chi connectivity index (χ4v) is 0.259. The van der Waals surface area contributed by atoms with Gasteiger partial charge in [0.2, 0.25) is 0 Å². The molecule has 0 amide bonds. The monoisotopic (exact) mass is 154 g/mol. The second-order valence-electron chi connectivity index (χ2n) is 1.76. The first kappa shape index (κ1) is 12.6. The van der Waals surface area contributed by atoms with Gasteiger partial charge >= 0.3 is 0 Å². The summed E-state index contributed by atoms with van der Waals surface area (Å²) in [4.78, 5) is 3.95. The van der Waals surface area contributed by atoms with Gasteiger partial charge in [-0.1, -0.05) is 26.5 Å². The molecule has 0 aliphatic rings. The zero-order valence-electron chi connectivity index (χ0n) is 7.89. The van der Waals surface area contributed by atoms with Gasteiger partial charge in [0.1, 0.15) is 0 Å². The Labute approximate surface area is 69.5 Å². The third-order valence-corrected chi connectivity index (χ3v) is 0.852. The molecular formula is C9H18N2. The van der Waals surface area contributed by atoms with Crippen molar-refractivity contribution < 1.29 is 0 Å². The summed E-state index contributed by atoms with van der Waals surface area (Å²) in [6.07, 6.45) is 3.44. The first-order chi connectivity index (χ1) is 5.16. The van der Waals surface area contributed by atoms with E-state index < -0.39 is 0 Å². The number of allylic oxidation sites excluding steroid dienone is 3. The molecule has 2 nitrogen and oxygen atoms in total. The molecule has 0 aromatic heterocycles. The average molecular weight is 154 g/mol. The van der Waals surface area contributed by atoms with E-state index in [0.717, 1.165) is 5.70 Å². The minimum atomic E-state index is 0.483. The Morgan fingerprint density at radius 2 is 1.91 bits per heavy atom. The predicted octanol–water partition coefficient (Wildman–Crippen LogP) is 2.48. The van der Waals surface area contributed by atoms with Crippen LogP contribution in [0.4, 0.5) is 0 Å². The van der Waals surface area contributed by atoms with Crippen LogP contribution < -0.4 is 5.73 Å². The van der Waals surface area contributed by atoms with Crippen LogP contribution in [0.5, 0.6) is 0 Å². The molecule has 2 N–H and O–H groups in total. The molecule has 0 radical (unpaired) electrons. The first-order valence-corrected chi connectivity index (χ1v) is 3.78. The Kier molecular flexibility index (Phi) is 10.3. The summed E-state index contributed by atoms with van der Waals surface area (Å²) in [5, 5.41) is 0. The Balaban J connectivity index is 0. The van der Waals surface area contributed by atoms with Crippen LogP contribution in [0.2, 0.25) is 0 Å². The molecule has 0 aromatic rings. The minimum absolute atomic E-state index is 0.483. The molecule has 0 spiro atoms. The van der Waals surface area contributed by atoms with Crippen LogP contribution in [-0.2, 0) is 0 Å². The van der Waals surface area contributed by atoms with Gasteiger partial charge in [-0.2, -0.15) is 0 Å². The van der Waals surface area contributed by atoms with E-state index in [0.29, 0.717) is 5.70 Å². The quantitative estimate of drug-likeness (QED) is 0.610. The minimum Gasteiger partial charge on any atom is -0.398 e. The number of aliphatic imine (C=N–C) groups is 1. The Morgan fingerprint density at radius 1 is 1.45 bits per heavy atom. The molecule has 2 heteroatoms.